The molecule has 0 atom stereocenters. The molecule has 1 saturated carbocycles. The summed E-state index contributed by atoms with van der Waals surface area (Å²) >= 11 is 6.05. The molecule has 0 spiro atoms. The summed E-state index contributed by atoms with van der Waals surface area (Å²) in [6, 6.07) is 12.1. The summed E-state index contributed by atoms with van der Waals surface area (Å²) < 4.78 is 26.9. The molecule has 0 radical (unpaired) electrons. The molecule has 1 aliphatic carbocycles. The zero-order valence-electron chi connectivity index (χ0n) is 14.5. The second-order valence-electron chi connectivity index (χ2n) is 6.55. The lowest BCUT2D eigenvalue weighted by atomic mass is 10.1. The van der Waals surface area contributed by atoms with Gasteiger partial charge in [-0.1, -0.05) is 29.8 Å². The molecule has 0 bridgehead atoms. The number of anilines is 1. The highest BCUT2D eigenvalue weighted by Gasteiger charge is 2.27. The summed E-state index contributed by atoms with van der Waals surface area (Å²) in [6.07, 6.45) is 2.64. The fourth-order valence-corrected chi connectivity index (χ4v) is 3.96. The van der Waals surface area contributed by atoms with E-state index in [1.54, 1.807) is 30.3 Å². The summed E-state index contributed by atoms with van der Waals surface area (Å²) in [5.74, 6) is -0.114. The van der Waals surface area contributed by atoms with Gasteiger partial charge in [-0.05, 0) is 61.6 Å². The van der Waals surface area contributed by atoms with E-state index in [1.165, 1.54) is 0 Å². The van der Waals surface area contributed by atoms with Gasteiger partial charge < -0.3 is 5.32 Å². The fraction of sp³-hybridized carbons (Fsp3) is 0.316. The van der Waals surface area contributed by atoms with Crippen LogP contribution in [-0.2, 0) is 21.2 Å². The topological polar surface area (TPSA) is 75.3 Å². The van der Waals surface area contributed by atoms with Gasteiger partial charge in [-0.3, -0.25) is 4.79 Å². The lowest BCUT2D eigenvalue weighted by molar-refractivity contribution is -0.116. The van der Waals surface area contributed by atoms with Crippen LogP contribution in [-0.4, -0.2) is 20.4 Å². The minimum absolute atomic E-state index is 0.0821. The number of rotatable bonds is 7. The third-order valence-electron chi connectivity index (χ3n) is 4.23. The Balaban J connectivity index is 1.54. The molecule has 0 aromatic heterocycles. The quantitative estimate of drug-likeness (QED) is 0.755. The highest BCUT2D eigenvalue weighted by Crippen LogP contribution is 2.23. The van der Waals surface area contributed by atoms with Crippen LogP contribution in [0.5, 0.6) is 0 Å². The molecule has 0 saturated heterocycles. The maximum absolute atomic E-state index is 12.1. The van der Waals surface area contributed by atoms with Crippen molar-refractivity contribution in [3.8, 4) is 0 Å². The molecule has 138 valence electrons. The lowest BCUT2D eigenvalue weighted by Crippen LogP contribution is -2.25. The number of hydrogen-bond acceptors (Lipinski definition) is 3. The maximum atomic E-state index is 12.1. The van der Waals surface area contributed by atoms with E-state index in [0.29, 0.717) is 23.6 Å². The third-order valence-corrected chi connectivity index (χ3v) is 6.17. The number of aryl methyl sites for hydroxylation is 2. The Morgan fingerprint density at radius 2 is 1.85 bits per heavy atom. The zero-order chi connectivity index (χ0) is 18.7. The second kappa shape index (κ2) is 7.78. The molecule has 3 rings (SSSR count). The number of hydrogen-bond donors (Lipinski definition) is 2. The van der Waals surface area contributed by atoms with E-state index in [2.05, 4.69) is 10.0 Å². The maximum Gasteiger partial charge on any atom is 0.240 e. The van der Waals surface area contributed by atoms with Gasteiger partial charge in [0.15, 0.2) is 0 Å². The van der Waals surface area contributed by atoms with Crippen LogP contribution in [0.15, 0.2) is 47.4 Å². The molecule has 26 heavy (non-hydrogen) atoms. The van der Waals surface area contributed by atoms with Crippen LogP contribution < -0.4 is 10.0 Å². The van der Waals surface area contributed by atoms with Crippen molar-refractivity contribution in [3.63, 3.8) is 0 Å². The standard InChI is InChI=1S/C19H21ClN2O3S/c1-13-2-6-16(12-18(13)20)21-19(23)11-5-14-3-9-17(10-4-14)26(24,25)22-15-7-8-15/h2-4,6,9-10,12,15,22H,5,7-8,11H2,1H3,(H,21,23). The molecular weight excluding hydrogens is 372 g/mol. The van der Waals surface area contributed by atoms with Crippen LogP contribution in [0.1, 0.15) is 30.4 Å². The molecule has 5 nitrogen and oxygen atoms in total. The van der Waals surface area contributed by atoms with Crippen LogP contribution in [0.4, 0.5) is 5.69 Å². The van der Waals surface area contributed by atoms with Gasteiger partial charge in [-0.15, -0.1) is 0 Å². The fourth-order valence-electron chi connectivity index (χ4n) is 2.48. The number of benzene rings is 2. The summed E-state index contributed by atoms with van der Waals surface area (Å²) in [5, 5.41) is 3.43. The Labute approximate surface area is 158 Å². The van der Waals surface area contributed by atoms with Gasteiger partial charge in [0.1, 0.15) is 0 Å². The molecule has 0 unspecified atom stereocenters. The molecule has 1 amide bonds. The Morgan fingerprint density at radius 3 is 2.46 bits per heavy atom. The van der Waals surface area contributed by atoms with Crippen molar-refractivity contribution < 1.29 is 13.2 Å². The van der Waals surface area contributed by atoms with Crippen molar-refractivity contribution in [1.82, 2.24) is 4.72 Å². The van der Waals surface area contributed by atoms with E-state index in [9.17, 15) is 13.2 Å². The van der Waals surface area contributed by atoms with Gasteiger partial charge in [0, 0.05) is 23.2 Å². The first-order chi connectivity index (χ1) is 12.3. The van der Waals surface area contributed by atoms with Crippen molar-refractivity contribution >= 4 is 33.2 Å². The molecule has 7 heteroatoms. The number of amides is 1. The van der Waals surface area contributed by atoms with Gasteiger partial charge in [-0.25, -0.2) is 13.1 Å². The monoisotopic (exact) mass is 392 g/mol. The third kappa shape index (κ3) is 5.06. The number of carbonyl (C=O) groups is 1. The SMILES string of the molecule is Cc1ccc(NC(=O)CCc2ccc(S(=O)(=O)NC3CC3)cc2)cc1Cl. The van der Waals surface area contributed by atoms with Crippen molar-refractivity contribution in [2.75, 3.05) is 5.32 Å². The van der Waals surface area contributed by atoms with Crippen LogP contribution in [0.25, 0.3) is 0 Å². The van der Waals surface area contributed by atoms with Gasteiger partial charge in [-0.2, -0.15) is 0 Å². The van der Waals surface area contributed by atoms with Gasteiger partial charge in [0.05, 0.1) is 4.90 Å². The van der Waals surface area contributed by atoms with Crippen molar-refractivity contribution in [1.29, 1.82) is 0 Å². The smallest absolute Gasteiger partial charge is 0.240 e. The molecule has 2 aromatic rings. The molecule has 2 aromatic carbocycles. The first kappa shape index (κ1) is 18.9. The van der Waals surface area contributed by atoms with Gasteiger partial charge in [0.2, 0.25) is 15.9 Å². The first-order valence-electron chi connectivity index (χ1n) is 8.51. The van der Waals surface area contributed by atoms with Gasteiger partial charge in [0.25, 0.3) is 0 Å². The number of halogens is 1. The highest BCUT2D eigenvalue weighted by molar-refractivity contribution is 7.89. The molecule has 1 aliphatic rings. The predicted octanol–water partition coefficient (Wildman–Crippen LogP) is 3.66. The summed E-state index contributed by atoms with van der Waals surface area (Å²) in [7, 11) is -3.44. The Bertz CT molecular complexity index is 907. The van der Waals surface area contributed by atoms with Crippen LogP contribution in [0.2, 0.25) is 5.02 Å². The van der Waals surface area contributed by atoms with Crippen molar-refractivity contribution in [2.45, 2.75) is 43.5 Å². The highest BCUT2D eigenvalue weighted by atomic mass is 35.5. The van der Waals surface area contributed by atoms with Crippen LogP contribution in [0, 0.1) is 6.92 Å². The van der Waals surface area contributed by atoms with Crippen LogP contribution in [0.3, 0.4) is 0 Å². The predicted molar refractivity (Wildman–Crippen MR) is 103 cm³/mol. The lowest BCUT2D eigenvalue weighted by Gasteiger charge is -2.08. The molecule has 0 aliphatic heterocycles. The number of sulfonamides is 1. The second-order valence-corrected chi connectivity index (χ2v) is 8.67. The average molecular weight is 393 g/mol. The van der Waals surface area contributed by atoms with Crippen molar-refractivity contribution in [2.24, 2.45) is 0 Å². The zero-order valence-corrected chi connectivity index (χ0v) is 16.0. The van der Waals surface area contributed by atoms with E-state index in [1.807, 2.05) is 19.1 Å². The van der Waals surface area contributed by atoms with Crippen molar-refractivity contribution in [3.05, 3.63) is 58.6 Å². The Hall–Kier alpha value is -1.89. The van der Waals surface area contributed by atoms with Gasteiger partial charge >= 0.3 is 0 Å². The minimum atomic E-state index is -3.44. The first-order valence-corrected chi connectivity index (χ1v) is 10.4. The Morgan fingerprint density at radius 1 is 1.15 bits per heavy atom. The molecule has 1 fully saturated rings. The Kier molecular flexibility index (Phi) is 5.65. The summed E-state index contributed by atoms with van der Waals surface area (Å²) in [4.78, 5) is 12.3. The summed E-state index contributed by atoms with van der Waals surface area (Å²) in [6.45, 7) is 1.90. The normalized spacial score (nSPS) is 14.2. The van der Waals surface area contributed by atoms with Crippen LogP contribution >= 0.6 is 11.6 Å². The van der Waals surface area contributed by atoms with E-state index in [0.717, 1.165) is 24.0 Å². The van der Waals surface area contributed by atoms with E-state index in [-0.39, 0.29) is 16.8 Å². The minimum Gasteiger partial charge on any atom is -0.326 e. The molecule has 2 N–H and O–H groups in total. The van der Waals surface area contributed by atoms with E-state index < -0.39 is 10.0 Å². The molecular formula is C19H21ClN2O3S. The number of carbonyl (C=O) groups excluding carboxylic acids is 1. The largest absolute Gasteiger partial charge is 0.326 e. The van der Waals surface area contributed by atoms with E-state index in [4.69, 9.17) is 11.6 Å². The van der Waals surface area contributed by atoms with E-state index >= 15 is 0 Å². The average Bonchev–Trinajstić information content (AvgIpc) is 3.40. The summed E-state index contributed by atoms with van der Waals surface area (Å²) in [5.41, 5.74) is 2.53. The number of nitrogens with one attached hydrogen (secondary N) is 2. The molecule has 0 heterocycles.